The number of rotatable bonds is 46. The minimum atomic E-state index is -0.766. The SMILES string of the molecule is CCCCCCCC/C=C\CCCCCCCC(=O)OC(COC(=O)CCCCCCCCCCCCC)COC(=O)CCCCCCCCCCCCCCC. The van der Waals surface area contributed by atoms with E-state index in [1.807, 2.05) is 0 Å². The molecule has 6 nitrogen and oxygen atoms in total. The summed E-state index contributed by atoms with van der Waals surface area (Å²) in [6.07, 6.45) is 50.4. The lowest BCUT2D eigenvalue weighted by molar-refractivity contribution is -0.167. The number of allylic oxidation sites excluding steroid dienone is 2. The molecule has 0 radical (unpaired) electrons. The van der Waals surface area contributed by atoms with Crippen LogP contribution in [0.5, 0.6) is 0 Å². The van der Waals surface area contributed by atoms with E-state index in [9.17, 15) is 14.4 Å². The van der Waals surface area contributed by atoms with Crippen LogP contribution in [0.3, 0.4) is 0 Å². The molecular formula is C51H96O6. The quantitative estimate of drug-likeness (QED) is 0.0264. The minimum Gasteiger partial charge on any atom is -0.462 e. The lowest BCUT2D eigenvalue weighted by Gasteiger charge is -2.18. The van der Waals surface area contributed by atoms with Crippen molar-refractivity contribution in [3.05, 3.63) is 12.2 Å². The summed E-state index contributed by atoms with van der Waals surface area (Å²) in [6, 6.07) is 0. The Hall–Kier alpha value is -1.85. The van der Waals surface area contributed by atoms with E-state index in [1.54, 1.807) is 0 Å². The molecule has 57 heavy (non-hydrogen) atoms. The molecule has 0 N–H and O–H groups in total. The fraction of sp³-hybridized carbons (Fsp3) is 0.902. The van der Waals surface area contributed by atoms with Gasteiger partial charge in [-0.1, -0.05) is 226 Å². The van der Waals surface area contributed by atoms with Crippen LogP contribution in [-0.2, 0) is 28.6 Å². The molecule has 0 aliphatic heterocycles. The first-order valence-electron chi connectivity index (χ1n) is 25.2. The molecule has 0 bridgehead atoms. The van der Waals surface area contributed by atoms with Crippen molar-refractivity contribution in [3.8, 4) is 0 Å². The molecule has 0 aliphatic carbocycles. The van der Waals surface area contributed by atoms with E-state index in [-0.39, 0.29) is 31.1 Å². The van der Waals surface area contributed by atoms with E-state index in [0.29, 0.717) is 19.3 Å². The highest BCUT2D eigenvalue weighted by Gasteiger charge is 2.19. The van der Waals surface area contributed by atoms with Crippen LogP contribution in [0.15, 0.2) is 12.2 Å². The first kappa shape index (κ1) is 55.2. The van der Waals surface area contributed by atoms with Gasteiger partial charge in [-0.05, 0) is 44.9 Å². The minimum absolute atomic E-state index is 0.0683. The van der Waals surface area contributed by atoms with Crippen molar-refractivity contribution in [2.75, 3.05) is 13.2 Å². The first-order chi connectivity index (χ1) is 28.0. The van der Waals surface area contributed by atoms with Gasteiger partial charge in [0, 0.05) is 19.3 Å². The Morgan fingerprint density at radius 2 is 0.579 bits per heavy atom. The number of hydrogen-bond acceptors (Lipinski definition) is 6. The Morgan fingerprint density at radius 1 is 0.333 bits per heavy atom. The van der Waals surface area contributed by atoms with E-state index in [0.717, 1.165) is 64.2 Å². The maximum absolute atomic E-state index is 12.8. The van der Waals surface area contributed by atoms with Crippen molar-refractivity contribution in [1.29, 1.82) is 0 Å². The molecule has 0 aliphatic rings. The molecule has 0 saturated heterocycles. The Morgan fingerprint density at radius 3 is 0.877 bits per heavy atom. The van der Waals surface area contributed by atoms with Gasteiger partial charge in [0.25, 0.3) is 0 Å². The van der Waals surface area contributed by atoms with Crippen molar-refractivity contribution in [3.63, 3.8) is 0 Å². The van der Waals surface area contributed by atoms with Gasteiger partial charge in [-0.3, -0.25) is 14.4 Å². The maximum atomic E-state index is 12.8. The van der Waals surface area contributed by atoms with Gasteiger partial charge in [0.05, 0.1) is 0 Å². The van der Waals surface area contributed by atoms with Crippen molar-refractivity contribution in [1.82, 2.24) is 0 Å². The Kier molecular flexibility index (Phi) is 45.3. The van der Waals surface area contributed by atoms with Gasteiger partial charge in [-0.2, -0.15) is 0 Å². The lowest BCUT2D eigenvalue weighted by Crippen LogP contribution is -2.30. The van der Waals surface area contributed by atoms with Gasteiger partial charge in [0.2, 0.25) is 0 Å². The van der Waals surface area contributed by atoms with E-state index >= 15 is 0 Å². The summed E-state index contributed by atoms with van der Waals surface area (Å²) in [7, 11) is 0. The number of hydrogen-bond donors (Lipinski definition) is 0. The molecule has 0 aromatic heterocycles. The second-order valence-corrected chi connectivity index (χ2v) is 17.1. The Labute approximate surface area is 354 Å². The average Bonchev–Trinajstić information content (AvgIpc) is 3.21. The summed E-state index contributed by atoms with van der Waals surface area (Å²) in [6.45, 7) is 6.64. The number of carbonyl (C=O) groups is 3. The molecule has 0 saturated carbocycles. The third kappa shape index (κ3) is 45.1. The smallest absolute Gasteiger partial charge is 0.306 e. The molecule has 1 unspecified atom stereocenters. The highest BCUT2D eigenvalue weighted by Crippen LogP contribution is 2.16. The predicted octanol–water partition coefficient (Wildman–Crippen LogP) is 16.2. The molecule has 0 fully saturated rings. The Balaban J connectivity index is 4.34. The summed E-state index contributed by atoms with van der Waals surface area (Å²) in [5.41, 5.74) is 0. The van der Waals surface area contributed by atoms with Gasteiger partial charge >= 0.3 is 17.9 Å². The van der Waals surface area contributed by atoms with E-state index in [4.69, 9.17) is 14.2 Å². The number of carbonyl (C=O) groups excluding carboxylic acids is 3. The topological polar surface area (TPSA) is 78.9 Å². The van der Waals surface area contributed by atoms with Crippen molar-refractivity contribution < 1.29 is 28.6 Å². The second-order valence-electron chi connectivity index (χ2n) is 17.1. The zero-order chi connectivity index (χ0) is 41.5. The third-order valence-electron chi connectivity index (χ3n) is 11.3. The summed E-state index contributed by atoms with van der Waals surface area (Å²) in [5.74, 6) is -0.863. The Bertz CT molecular complexity index is 885. The molecule has 0 rings (SSSR count). The zero-order valence-corrected chi connectivity index (χ0v) is 38.4. The van der Waals surface area contributed by atoms with Crippen LogP contribution in [-0.4, -0.2) is 37.2 Å². The average molecular weight is 805 g/mol. The third-order valence-corrected chi connectivity index (χ3v) is 11.3. The monoisotopic (exact) mass is 805 g/mol. The standard InChI is InChI=1S/C51H96O6/c1-4-7-10-13-16-19-22-24-25-27-30-33-36-39-42-45-51(54)57-48(46-55-49(52)43-40-37-34-31-28-21-18-15-12-9-6-3)47-56-50(53)44-41-38-35-32-29-26-23-20-17-14-11-8-5-2/h24-25,48H,4-23,26-47H2,1-3H3/b25-24-. The summed E-state index contributed by atoms with van der Waals surface area (Å²) in [4.78, 5) is 37.8. The first-order valence-corrected chi connectivity index (χ1v) is 25.2. The molecule has 1 atom stereocenters. The molecule has 0 amide bonds. The fourth-order valence-electron chi connectivity index (χ4n) is 7.44. The van der Waals surface area contributed by atoms with Crippen LogP contribution < -0.4 is 0 Å². The molecule has 6 heteroatoms. The normalized spacial score (nSPS) is 12.0. The van der Waals surface area contributed by atoms with E-state index in [2.05, 4.69) is 32.9 Å². The zero-order valence-electron chi connectivity index (χ0n) is 38.4. The van der Waals surface area contributed by atoms with E-state index in [1.165, 1.54) is 173 Å². The van der Waals surface area contributed by atoms with Crippen LogP contribution in [0.4, 0.5) is 0 Å². The van der Waals surface area contributed by atoms with Gasteiger partial charge in [0.1, 0.15) is 13.2 Å². The maximum Gasteiger partial charge on any atom is 0.306 e. The number of ether oxygens (including phenoxy) is 3. The van der Waals surface area contributed by atoms with Crippen LogP contribution in [0.25, 0.3) is 0 Å². The number of esters is 3. The molecule has 0 spiro atoms. The summed E-state index contributed by atoms with van der Waals surface area (Å²) in [5, 5.41) is 0. The van der Waals surface area contributed by atoms with Crippen LogP contribution in [0, 0.1) is 0 Å². The second kappa shape index (κ2) is 46.8. The molecule has 0 heterocycles. The van der Waals surface area contributed by atoms with Crippen molar-refractivity contribution in [2.45, 2.75) is 284 Å². The van der Waals surface area contributed by atoms with Gasteiger partial charge in [0.15, 0.2) is 6.10 Å². The number of unbranched alkanes of at least 4 members (excludes halogenated alkanes) is 33. The fourth-order valence-corrected chi connectivity index (χ4v) is 7.44. The van der Waals surface area contributed by atoms with Crippen LogP contribution in [0.2, 0.25) is 0 Å². The highest BCUT2D eigenvalue weighted by molar-refractivity contribution is 5.71. The summed E-state index contributed by atoms with van der Waals surface area (Å²) >= 11 is 0. The van der Waals surface area contributed by atoms with E-state index < -0.39 is 6.10 Å². The van der Waals surface area contributed by atoms with Crippen LogP contribution >= 0.6 is 0 Å². The highest BCUT2D eigenvalue weighted by atomic mass is 16.6. The predicted molar refractivity (Wildman–Crippen MR) is 243 cm³/mol. The largest absolute Gasteiger partial charge is 0.462 e. The summed E-state index contributed by atoms with van der Waals surface area (Å²) < 4.78 is 16.8. The van der Waals surface area contributed by atoms with Gasteiger partial charge in [-0.15, -0.1) is 0 Å². The van der Waals surface area contributed by atoms with Gasteiger partial charge < -0.3 is 14.2 Å². The molecular weight excluding hydrogens is 709 g/mol. The van der Waals surface area contributed by atoms with Gasteiger partial charge in [-0.25, -0.2) is 0 Å². The van der Waals surface area contributed by atoms with Crippen molar-refractivity contribution >= 4 is 17.9 Å². The van der Waals surface area contributed by atoms with Crippen LogP contribution in [0.1, 0.15) is 278 Å². The lowest BCUT2D eigenvalue weighted by atomic mass is 10.0. The molecule has 0 aromatic carbocycles. The molecule has 336 valence electrons. The van der Waals surface area contributed by atoms with Crippen molar-refractivity contribution in [2.24, 2.45) is 0 Å². The molecule has 0 aromatic rings.